The van der Waals surface area contributed by atoms with Crippen LogP contribution in [0.5, 0.6) is 0 Å². The monoisotopic (exact) mass is 1180 g/mol. The van der Waals surface area contributed by atoms with Crippen molar-refractivity contribution in [3.63, 3.8) is 0 Å². The van der Waals surface area contributed by atoms with Crippen LogP contribution in [0, 0.1) is 0 Å². The van der Waals surface area contributed by atoms with E-state index in [4.69, 9.17) is 4.74 Å². The van der Waals surface area contributed by atoms with Crippen molar-refractivity contribution >= 4 is 11.9 Å². The summed E-state index contributed by atoms with van der Waals surface area (Å²) in [6.45, 7) is 5.01. The number of carbonyl (C=O) groups excluding carboxylic acids is 2. The Labute approximate surface area is 527 Å². The van der Waals surface area contributed by atoms with Crippen molar-refractivity contribution in [3.05, 3.63) is 12.2 Å². The molecule has 0 aliphatic heterocycles. The van der Waals surface area contributed by atoms with Crippen LogP contribution in [0.4, 0.5) is 0 Å². The van der Waals surface area contributed by atoms with Crippen LogP contribution in [0.15, 0.2) is 12.2 Å². The molecule has 2 unspecified atom stereocenters. The number of amides is 1. The lowest BCUT2D eigenvalue weighted by Crippen LogP contribution is -2.45. The molecule has 0 heterocycles. The second-order valence-electron chi connectivity index (χ2n) is 27.0. The van der Waals surface area contributed by atoms with Gasteiger partial charge in [0.25, 0.3) is 0 Å². The molecule has 84 heavy (non-hydrogen) atoms. The molecular weight excluding hydrogens is 1030 g/mol. The van der Waals surface area contributed by atoms with Crippen LogP contribution in [0.3, 0.4) is 0 Å². The van der Waals surface area contributed by atoms with Gasteiger partial charge in [0.15, 0.2) is 0 Å². The Morgan fingerprint density at radius 2 is 0.560 bits per heavy atom. The second kappa shape index (κ2) is 74.1. The summed E-state index contributed by atoms with van der Waals surface area (Å²) in [6, 6.07) is -0.540. The van der Waals surface area contributed by atoms with E-state index in [2.05, 4.69) is 31.3 Å². The highest BCUT2D eigenvalue weighted by Gasteiger charge is 2.20. The number of nitrogens with one attached hydrogen (secondary N) is 1. The highest BCUT2D eigenvalue weighted by atomic mass is 16.5. The van der Waals surface area contributed by atoms with Crippen molar-refractivity contribution in [1.82, 2.24) is 5.32 Å². The molecule has 0 spiro atoms. The number of aliphatic hydroxyl groups excluding tert-OH is 2. The standard InChI is InChI=1S/C78H153NO5/c1-3-5-7-9-11-13-15-17-19-21-35-40-44-48-52-56-60-64-68-72-78(83)84-73-69-65-61-57-53-49-45-41-37-34-32-30-28-26-24-23-25-27-29-31-33-36-39-43-47-51-55-59-63-67-71-77(82)79-75(74-80)76(81)70-66-62-58-54-50-46-42-38-22-20-18-16-14-12-10-8-6-4-2/h24,26,75-76,80-81H,3-23,25,27-74H2,1-2H3,(H,79,82)/b26-24-. The smallest absolute Gasteiger partial charge is 0.305 e. The zero-order chi connectivity index (χ0) is 60.6. The van der Waals surface area contributed by atoms with E-state index in [1.54, 1.807) is 0 Å². The first kappa shape index (κ1) is 82.6. The summed E-state index contributed by atoms with van der Waals surface area (Å²) in [4.78, 5) is 24.7. The number of unbranched alkanes of at least 4 members (excludes halogenated alkanes) is 61. The van der Waals surface area contributed by atoms with Crippen LogP contribution in [-0.2, 0) is 14.3 Å². The summed E-state index contributed by atoms with van der Waals surface area (Å²) in [6.07, 6.45) is 92.9. The van der Waals surface area contributed by atoms with E-state index in [0.717, 1.165) is 38.5 Å². The molecule has 0 bridgehead atoms. The van der Waals surface area contributed by atoms with Gasteiger partial charge in [-0.15, -0.1) is 0 Å². The predicted octanol–water partition coefficient (Wildman–Crippen LogP) is 25.5. The van der Waals surface area contributed by atoms with Gasteiger partial charge in [0.05, 0.1) is 25.4 Å². The molecule has 0 aromatic heterocycles. The van der Waals surface area contributed by atoms with Gasteiger partial charge >= 0.3 is 5.97 Å². The number of aliphatic hydroxyl groups is 2. The topological polar surface area (TPSA) is 95.9 Å². The average molecular weight is 1190 g/mol. The number of esters is 1. The van der Waals surface area contributed by atoms with Gasteiger partial charge in [0.1, 0.15) is 0 Å². The molecule has 0 aliphatic rings. The van der Waals surface area contributed by atoms with E-state index in [0.29, 0.717) is 25.9 Å². The minimum Gasteiger partial charge on any atom is -0.466 e. The minimum atomic E-state index is -0.663. The van der Waals surface area contributed by atoms with E-state index >= 15 is 0 Å². The van der Waals surface area contributed by atoms with E-state index < -0.39 is 12.1 Å². The molecule has 2 atom stereocenters. The van der Waals surface area contributed by atoms with Gasteiger partial charge in [-0.25, -0.2) is 0 Å². The zero-order valence-electron chi connectivity index (χ0n) is 57.4. The summed E-state index contributed by atoms with van der Waals surface area (Å²) in [5, 5.41) is 23.4. The number of allylic oxidation sites excluding steroid dienone is 2. The first-order valence-corrected chi connectivity index (χ1v) is 38.9. The van der Waals surface area contributed by atoms with Crippen LogP contribution >= 0.6 is 0 Å². The fourth-order valence-electron chi connectivity index (χ4n) is 12.6. The average Bonchev–Trinajstić information content (AvgIpc) is 3.51. The van der Waals surface area contributed by atoms with E-state index in [1.165, 1.54) is 379 Å². The SMILES string of the molecule is CCCCCCCCCCCCCCCCCCCCCC(=O)OCCCCCCCCCCCCCC/C=C\CCCCCCCCCCCCCCCCC(=O)NC(CO)C(O)CCCCCCCCCCCCCCCCCCCC. The molecule has 0 aromatic rings. The Hall–Kier alpha value is -1.40. The van der Waals surface area contributed by atoms with Crippen LogP contribution in [0.2, 0.25) is 0 Å². The highest BCUT2D eigenvalue weighted by molar-refractivity contribution is 5.76. The molecule has 0 aromatic carbocycles. The first-order chi connectivity index (χ1) is 41.5. The third-order valence-electron chi connectivity index (χ3n) is 18.6. The molecule has 3 N–H and O–H groups in total. The molecule has 6 heteroatoms. The number of carbonyl (C=O) groups is 2. The Morgan fingerprint density at radius 3 is 0.845 bits per heavy atom. The first-order valence-electron chi connectivity index (χ1n) is 38.9. The number of ether oxygens (including phenoxy) is 1. The molecule has 0 rings (SSSR count). The molecule has 0 radical (unpaired) electrons. The third-order valence-corrected chi connectivity index (χ3v) is 18.6. The van der Waals surface area contributed by atoms with Gasteiger partial charge in [-0.1, -0.05) is 398 Å². The third kappa shape index (κ3) is 69.7. The van der Waals surface area contributed by atoms with Crippen molar-refractivity contribution < 1.29 is 24.5 Å². The van der Waals surface area contributed by atoms with Crippen molar-refractivity contribution in [1.29, 1.82) is 0 Å². The molecule has 500 valence electrons. The van der Waals surface area contributed by atoms with Gasteiger partial charge in [-0.05, 0) is 51.4 Å². The van der Waals surface area contributed by atoms with Gasteiger partial charge in [0.2, 0.25) is 5.91 Å². The lowest BCUT2D eigenvalue weighted by atomic mass is 10.0. The minimum absolute atomic E-state index is 0.0232. The van der Waals surface area contributed by atoms with Crippen LogP contribution in [0.25, 0.3) is 0 Å². The Morgan fingerprint density at radius 1 is 0.321 bits per heavy atom. The van der Waals surface area contributed by atoms with E-state index in [9.17, 15) is 19.8 Å². The van der Waals surface area contributed by atoms with Crippen molar-refractivity contribution in [2.24, 2.45) is 0 Å². The normalized spacial score (nSPS) is 12.5. The summed E-state index contributed by atoms with van der Waals surface area (Å²) in [7, 11) is 0. The lowest BCUT2D eigenvalue weighted by Gasteiger charge is -2.22. The Bertz CT molecular complexity index is 1270. The van der Waals surface area contributed by atoms with Crippen LogP contribution in [0.1, 0.15) is 450 Å². The quantitative estimate of drug-likeness (QED) is 0.0320. The van der Waals surface area contributed by atoms with Gasteiger partial charge < -0.3 is 20.3 Å². The zero-order valence-corrected chi connectivity index (χ0v) is 57.4. The van der Waals surface area contributed by atoms with Crippen molar-refractivity contribution in [3.8, 4) is 0 Å². The second-order valence-corrected chi connectivity index (χ2v) is 27.0. The largest absolute Gasteiger partial charge is 0.466 e. The maximum absolute atomic E-state index is 12.5. The van der Waals surface area contributed by atoms with Crippen LogP contribution < -0.4 is 5.32 Å². The van der Waals surface area contributed by atoms with Crippen LogP contribution in [-0.4, -0.2) is 47.4 Å². The summed E-state index contributed by atoms with van der Waals surface area (Å²) >= 11 is 0. The fraction of sp³-hybridized carbons (Fsp3) is 0.949. The fourth-order valence-corrected chi connectivity index (χ4v) is 12.6. The number of rotatable bonds is 74. The maximum Gasteiger partial charge on any atom is 0.305 e. The Kier molecular flexibility index (Phi) is 72.8. The molecule has 1 amide bonds. The van der Waals surface area contributed by atoms with E-state index in [1.807, 2.05) is 0 Å². The van der Waals surface area contributed by atoms with Crippen molar-refractivity contribution in [2.75, 3.05) is 13.2 Å². The molecular formula is C78H153NO5. The number of hydrogen-bond donors (Lipinski definition) is 3. The molecule has 0 fully saturated rings. The summed E-state index contributed by atoms with van der Waals surface area (Å²) in [5.41, 5.74) is 0. The highest BCUT2D eigenvalue weighted by Crippen LogP contribution is 2.20. The van der Waals surface area contributed by atoms with Crippen molar-refractivity contribution in [2.45, 2.75) is 463 Å². The van der Waals surface area contributed by atoms with Gasteiger partial charge in [-0.3, -0.25) is 9.59 Å². The molecule has 0 aliphatic carbocycles. The predicted molar refractivity (Wildman–Crippen MR) is 370 cm³/mol. The molecule has 0 saturated heterocycles. The molecule has 6 nitrogen and oxygen atoms in total. The number of hydrogen-bond acceptors (Lipinski definition) is 5. The maximum atomic E-state index is 12.5. The van der Waals surface area contributed by atoms with E-state index in [-0.39, 0.29) is 18.5 Å². The van der Waals surface area contributed by atoms with Gasteiger partial charge in [-0.2, -0.15) is 0 Å². The lowest BCUT2D eigenvalue weighted by molar-refractivity contribution is -0.143. The Balaban J connectivity index is 3.34. The summed E-state index contributed by atoms with van der Waals surface area (Å²) < 4.78 is 5.52. The van der Waals surface area contributed by atoms with Gasteiger partial charge in [0, 0.05) is 12.8 Å². The molecule has 0 saturated carbocycles. The summed E-state index contributed by atoms with van der Waals surface area (Å²) in [5.74, 6) is -0.00546.